The Labute approximate surface area is 126 Å². The molecule has 0 amide bonds. The lowest BCUT2D eigenvalue weighted by Gasteiger charge is -2.29. The number of nitrogens with one attached hydrogen (secondary N) is 1. The summed E-state index contributed by atoms with van der Waals surface area (Å²) in [6.07, 6.45) is 1.08. The van der Waals surface area contributed by atoms with E-state index in [1.165, 1.54) is 27.8 Å². The number of aromatic amines is 1. The first-order valence-electron chi connectivity index (χ1n) is 6.90. The zero-order valence-corrected chi connectivity index (χ0v) is 12.7. The molecule has 1 N–H and O–H groups in total. The molecule has 0 radical (unpaired) electrons. The fourth-order valence-electron chi connectivity index (χ4n) is 3.04. The Kier molecular flexibility index (Phi) is 2.81. The molecule has 0 aliphatic carbocycles. The van der Waals surface area contributed by atoms with Crippen molar-refractivity contribution in [1.82, 2.24) is 4.98 Å². The molecule has 0 spiro atoms. The summed E-state index contributed by atoms with van der Waals surface area (Å²) in [5, 5.41) is 1.37. The highest BCUT2D eigenvalue weighted by molar-refractivity contribution is 9.10. The van der Waals surface area contributed by atoms with Crippen molar-refractivity contribution in [2.45, 2.75) is 13.0 Å². The average molecular weight is 327 g/mol. The van der Waals surface area contributed by atoms with Crippen molar-refractivity contribution in [3.05, 3.63) is 64.3 Å². The lowest BCUT2D eigenvalue weighted by atomic mass is 10.0. The fraction of sp³-hybridized carbons (Fsp3) is 0.176. The summed E-state index contributed by atoms with van der Waals surface area (Å²) in [6, 6.07) is 17.2. The molecule has 3 heteroatoms. The van der Waals surface area contributed by atoms with Crippen LogP contribution in [0.3, 0.4) is 0 Å². The molecule has 1 aliphatic rings. The first-order chi connectivity index (χ1) is 9.81. The number of aromatic nitrogens is 1. The predicted octanol–water partition coefficient (Wildman–Crippen LogP) is 4.49. The van der Waals surface area contributed by atoms with Crippen molar-refractivity contribution in [3.63, 3.8) is 0 Å². The Balaban J connectivity index is 1.73. The Bertz CT molecular complexity index is 758. The average Bonchev–Trinajstić information content (AvgIpc) is 2.86. The number of hydrogen-bond donors (Lipinski definition) is 1. The fourth-order valence-corrected chi connectivity index (χ4v) is 3.30. The predicted molar refractivity (Wildman–Crippen MR) is 87.2 cm³/mol. The van der Waals surface area contributed by atoms with Gasteiger partial charge >= 0.3 is 0 Å². The lowest BCUT2D eigenvalue weighted by Crippen LogP contribution is -2.29. The minimum atomic E-state index is 0.987. The number of rotatable bonds is 1. The lowest BCUT2D eigenvalue weighted by molar-refractivity contribution is 0.726. The monoisotopic (exact) mass is 326 g/mol. The van der Waals surface area contributed by atoms with Gasteiger partial charge in [-0.2, -0.15) is 0 Å². The van der Waals surface area contributed by atoms with Crippen LogP contribution in [0.2, 0.25) is 0 Å². The van der Waals surface area contributed by atoms with Crippen molar-refractivity contribution in [1.29, 1.82) is 0 Å². The molecule has 3 aromatic rings. The zero-order valence-electron chi connectivity index (χ0n) is 11.1. The topological polar surface area (TPSA) is 19.0 Å². The van der Waals surface area contributed by atoms with Crippen molar-refractivity contribution in [2.75, 3.05) is 11.4 Å². The normalized spacial score (nSPS) is 14.6. The zero-order chi connectivity index (χ0) is 13.5. The van der Waals surface area contributed by atoms with Crippen molar-refractivity contribution < 1.29 is 0 Å². The highest BCUT2D eigenvalue weighted by Crippen LogP contribution is 2.30. The van der Waals surface area contributed by atoms with E-state index in [4.69, 9.17) is 0 Å². The van der Waals surface area contributed by atoms with Crippen LogP contribution in [-0.4, -0.2) is 11.5 Å². The van der Waals surface area contributed by atoms with E-state index in [-0.39, 0.29) is 0 Å². The van der Waals surface area contributed by atoms with Gasteiger partial charge in [0.25, 0.3) is 0 Å². The van der Waals surface area contributed by atoms with E-state index in [2.05, 4.69) is 74.3 Å². The summed E-state index contributed by atoms with van der Waals surface area (Å²) >= 11 is 3.50. The van der Waals surface area contributed by atoms with E-state index >= 15 is 0 Å². The largest absolute Gasteiger partial charge is 0.367 e. The third kappa shape index (κ3) is 1.93. The molecule has 4 rings (SSSR count). The van der Waals surface area contributed by atoms with E-state index in [1.807, 2.05) is 0 Å². The van der Waals surface area contributed by atoms with Gasteiger partial charge in [0.15, 0.2) is 0 Å². The number of halogens is 1. The molecule has 100 valence electrons. The minimum Gasteiger partial charge on any atom is -0.367 e. The van der Waals surface area contributed by atoms with Gasteiger partial charge in [-0.1, -0.05) is 34.1 Å². The van der Waals surface area contributed by atoms with Crippen LogP contribution in [0.25, 0.3) is 10.9 Å². The molecule has 0 fully saturated rings. The van der Waals surface area contributed by atoms with Gasteiger partial charge < -0.3 is 9.88 Å². The number of anilines is 1. The van der Waals surface area contributed by atoms with Crippen LogP contribution < -0.4 is 4.90 Å². The number of H-pyrrole nitrogens is 1. The summed E-state index contributed by atoms with van der Waals surface area (Å²) in [7, 11) is 0. The Morgan fingerprint density at radius 3 is 2.65 bits per heavy atom. The quantitative estimate of drug-likeness (QED) is 0.697. The van der Waals surface area contributed by atoms with Gasteiger partial charge in [-0.25, -0.2) is 0 Å². The smallest absolute Gasteiger partial charge is 0.0459 e. The van der Waals surface area contributed by atoms with Crippen LogP contribution in [0, 0.1) is 0 Å². The Hall–Kier alpha value is -1.74. The molecule has 2 nitrogen and oxygen atoms in total. The van der Waals surface area contributed by atoms with E-state index in [0.717, 1.165) is 24.0 Å². The molecule has 1 aliphatic heterocycles. The standard InChI is InChI=1S/C17H15BrN2/c18-12-5-7-13(8-6-12)20-10-9-17-15(11-20)14-3-1-2-4-16(14)19-17/h1-8,19H,9-11H2. The highest BCUT2D eigenvalue weighted by Gasteiger charge is 2.20. The van der Waals surface area contributed by atoms with Gasteiger partial charge in [0.2, 0.25) is 0 Å². The van der Waals surface area contributed by atoms with Crippen molar-refractivity contribution in [3.8, 4) is 0 Å². The van der Waals surface area contributed by atoms with Gasteiger partial charge in [0.05, 0.1) is 0 Å². The summed E-state index contributed by atoms with van der Waals surface area (Å²) < 4.78 is 1.13. The van der Waals surface area contributed by atoms with E-state index < -0.39 is 0 Å². The second-order valence-corrected chi connectivity index (χ2v) is 6.19. The summed E-state index contributed by atoms with van der Waals surface area (Å²) in [4.78, 5) is 6.02. The molecular weight excluding hydrogens is 312 g/mol. The van der Waals surface area contributed by atoms with Gasteiger partial charge in [-0.3, -0.25) is 0 Å². The molecule has 2 aromatic carbocycles. The number of para-hydroxylation sites is 1. The van der Waals surface area contributed by atoms with Crippen LogP contribution in [-0.2, 0) is 13.0 Å². The second kappa shape index (κ2) is 4.67. The summed E-state index contributed by atoms with van der Waals surface area (Å²) in [5.41, 5.74) is 5.41. The van der Waals surface area contributed by atoms with E-state index in [0.29, 0.717) is 0 Å². The van der Waals surface area contributed by atoms with E-state index in [9.17, 15) is 0 Å². The van der Waals surface area contributed by atoms with Crippen LogP contribution in [0.1, 0.15) is 11.3 Å². The maximum Gasteiger partial charge on any atom is 0.0459 e. The summed E-state index contributed by atoms with van der Waals surface area (Å²) in [6.45, 7) is 2.06. The first-order valence-corrected chi connectivity index (χ1v) is 7.69. The number of fused-ring (bicyclic) bond motifs is 3. The maximum atomic E-state index is 3.56. The number of benzene rings is 2. The second-order valence-electron chi connectivity index (χ2n) is 5.28. The highest BCUT2D eigenvalue weighted by atomic mass is 79.9. The van der Waals surface area contributed by atoms with Crippen LogP contribution in [0.5, 0.6) is 0 Å². The third-order valence-corrected chi connectivity index (χ3v) is 4.60. The Morgan fingerprint density at radius 1 is 1.00 bits per heavy atom. The van der Waals surface area contributed by atoms with E-state index in [1.54, 1.807) is 0 Å². The molecule has 20 heavy (non-hydrogen) atoms. The summed E-state index contributed by atoms with van der Waals surface area (Å²) in [5.74, 6) is 0. The minimum absolute atomic E-state index is 0.987. The SMILES string of the molecule is Brc1ccc(N2CCc3[nH]c4ccccc4c3C2)cc1. The van der Waals surface area contributed by atoms with Gasteiger partial charge in [0, 0.05) is 51.8 Å². The molecule has 0 bridgehead atoms. The van der Waals surface area contributed by atoms with Crippen LogP contribution >= 0.6 is 15.9 Å². The molecular formula is C17H15BrN2. The van der Waals surface area contributed by atoms with Crippen molar-refractivity contribution in [2.24, 2.45) is 0 Å². The van der Waals surface area contributed by atoms with Crippen LogP contribution in [0.4, 0.5) is 5.69 Å². The molecule has 0 saturated carbocycles. The number of hydrogen-bond acceptors (Lipinski definition) is 1. The first kappa shape index (κ1) is 12.0. The van der Waals surface area contributed by atoms with Crippen molar-refractivity contribution >= 4 is 32.5 Å². The maximum absolute atomic E-state index is 3.56. The molecule has 0 atom stereocenters. The third-order valence-electron chi connectivity index (χ3n) is 4.07. The molecule has 0 unspecified atom stereocenters. The number of nitrogens with zero attached hydrogens (tertiary/aromatic N) is 1. The Morgan fingerprint density at radius 2 is 1.80 bits per heavy atom. The molecule has 2 heterocycles. The van der Waals surface area contributed by atoms with Crippen LogP contribution in [0.15, 0.2) is 53.0 Å². The van der Waals surface area contributed by atoms with Gasteiger partial charge in [-0.15, -0.1) is 0 Å². The molecule has 1 aromatic heterocycles. The van der Waals surface area contributed by atoms with Gasteiger partial charge in [0.1, 0.15) is 0 Å². The molecule has 0 saturated heterocycles. The van der Waals surface area contributed by atoms with Gasteiger partial charge in [-0.05, 0) is 30.3 Å².